The second-order valence-electron chi connectivity index (χ2n) is 6.32. The molecule has 25 heavy (non-hydrogen) atoms. The number of hydrogen-bond acceptors (Lipinski definition) is 5. The molecule has 0 aliphatic heterocycles. The lowest BCUT2D eigenvalue weighted by Crippen LogP contribution is -2.32. The van der Waals surface area contributed by atoms with Crippen LogP contribution in [-0.4, -0.2) is 26.1 Å². The SMILES string of the molecule is O=C(N[C@H](c1cccs1)C1CCCC1)c1cccc(-n2cnnn2)c1. The molecule has 0 bridgehead atoms. The van der Waals surface area contributed by atoms with Crippen molar-refractivity contribution < 1.29 is 4.79 Å². The topological polar surface area (TPSA) is 72.7 Å². The monoisotopic (exact) mass is 353 g/mol. The number of tetrazole rings is 1. The van der Waals surface area contributed by atoms with Gasteiger partial charge in [-0.25, -0.2) is 4.68 Å². The van der Waals surface area contributed by atoms with Crippen molar-refractivity contribution in [2.45, 2.75) is 31.7 Å². The molecule has 7 heteroatoms. The van der Waals surface area contributed by atoms with Crippen LogP contribution in [0.25, 0.3) is 5.69 Å². The summed E-state index contributed by atoms with van der Waals surface area (Å²) in [6.07, 6.45) is 6.36. The summed E-state index contributed by atoms with van der Waals surface area (Å²) in [4.78, 5) is 14.1. The van der Waals surface area contributed by atoms with Crippen LogP contribution in [0.15, 0.2) is 48.1 Å². The van der Waals surface area contributed by atoms with Crippen LogP contribution in [0.3, 0.4) is 0 Å². The zero-order valence-electron chi connectivity index (χ0n) is 13.7. The lowest BCUT2D eigenvalue weighted by Gasteiger charge is -2.24. The number of carbonyl (C=O) groups is 1. The van der Waals surface area contributed by atoms with Gasteiger partial charge >= 0.3 is 0 Å². The molecule has 1 aliphatic rings. The Labute approximate surface area is 149 Å². The fourth-order valence-electron chi connectivity index (χ4n) is 3.47. The number of rotatable bonds is 5. The van der Waals surface area contributed by atoms with E-state index < -0.39 is 0 Å². The predicted molar refractivity (Wildman–Crippen MR) is 95.6 cm³/mol. The van der Waals surface area contributed by atoms with Gasteiger partial charge in [-0.15, -0.1) is 16.4 Å². The molecule has 1 atom stereocenters. The lowest BCUT2D eigenvalue weighted by molar-refractivity contribution is 0.0923. The van der Waals surface area contributed by atoms with E-state index >= 15 is 0 Å². The third kappa shape index (κ3) is 3.46. The Morgan fingerprint density at radius 1 is 1.24 bits per heavy atom. The van der Waals surface area contributed by atoms with Crippen LogP contribution >= 0.6 is 11.3 Å². The number of thiophene rings is 1. The van der Waals surface area contributed by atoms with E-state index in [1.54, 1.807) is 16.0 Å². The fourth-order valence-corrected chi connectivity index (χ4v) is 4.34. The van der Waals surface area contributed by atoms with E-state index in [0.717, 1.165) is 5.69 Å². The van der Waals surface area contributed by atoms with Crippen molar-refractivity contribution in [3.63, 3.8) is 0 Å². The Morgan fingerprint density at radius 3 is 2.84 bits per heavy atom. The summed E-state index contributed by atoms with van der Waals surface area (Å²) in [6.45, 7) is 0. The highest BCUT2D eigenvalue weighted by Gasteiger charge is 2.28. The van der Waals surface area contributed by atoms with E-state index in [2.05, 4.69) is 32.3 Å². The average Bonchev–Trinajstić information content (AvgIpc) is 3.43. The molecule has 2 aromatic heterocycles. The standard InChI is InChI=1S/C18H19N5OS/c24-18(14-7-3-8-15(11-14)23-12-19-21-22-23)20-17(13-5-1-2-6-13)16-9-4-10-25-16/h3-4,7-13,17H,1-2,5-6H2,(H,20,24)/t17-/m0/s1. The van der Waals surface area contributed by atoms with Gasteiger partial charge in [0.15, 0.2) is 0 Å². The maximum Gasteiger partial charge on any atom is 0.251 e. The zero-order chi connectivity index (χ0) is 17.1. The fraction of sp³-hybridized carbons (Fsp3) is 0.333. The quantitative estimate of drug-likeness (QED) is 0.763. The van der Waals surface area contributed by atoms with Crippen LogP contribution in [0.4, 0.5) is 0 Å². The highest BCUT2D eigenvalue weighted by atomic mass is 32.1. The Bertz CT molecular complexity index is 825. The van der Waals surface area contributed by atoms with Crippen molar-refractivity contribution >= 4 is 17.2 Å². The smallest absolute Gasteiger partial charge is 0.251 e. The molecule has 2 heterocycles. The summed E-state index contributed by atoms with van der Waals surface area (Å²) in [5.41, 5.74) is 1.39. The van der Waals surface area contributed by atoms with E-state index in [0.29, 0.717) is 11.5 Å². The van der Waals surface area contributed by atoms with Crippen LogP contribution in [0.1, 0.15) is 47.0 Å². The van der Waals surface area contributed by atoms with E-state index in [1.807, 2.05) is 30.3 Å². The van der Waals surface area contributed by atoms with Crippen molar-refractivity contribution in [2.75, 3.05) is 0 Å². The van der Waals surface area contributed by atoms with Crippen LogP contribution in [0, 0.1) is 5.92 Å². The maximum atomic E-state index is 12.9. The van der Waals surface area contributed by atoms with Gasteiger partial charge in [-0.3, -0.25) is 4.79 Å². The van der Waals surface area contributed by atoms with Crippen molar-refractivity contribution in [1.29, 1.82) is 0 Å². The number of aromatic nitrogens is 4. The zero-order valence-corrected chi connectivity index (χ0v) is 14.5. The molecule has 1 N–H and O–H groups in total. The molecule has 3 aromatic rings. The van der Waals surface area contributed by atoms with E-state index in [-0.39, 0.29) is 11.9 Å². The van der Waals surface area contributed by atoms with Gasteiger partial charge in [0.1, 0.15) is 6.33 Å². The summed E-state index contributed by atoms with van der Waals surface area (Å²) in [5, 5.41) is 16.5. The molecule has 0 radical (unpaired) electrons. The van der Waals surface area contributed by atoms with Gasteiger partial charge in [-0.05, 0) is 58.8 Å². The molecule has 128 valence electrons. The number of amides is 1. The number of benzene rings is 1. The third-order valence-corrected chi connectivity index (χ3v) is 5.68. The third-order valence-electron chi connectivity index (χ3n) is 4.73. The van der Waals surface area contributed by atoms with Crippen molar-refractivity contribution in [2.24, 2.45) is 5.92 Å². The second kappa shape index (κ2) is 7.14. The van der Waals surface area contributed by atoms with E-state index in [1.165, 1.54) is 36.9 Å². The molecule has 6 nitrogen and oxygen atoms in total. The van der Waals surface area contributed by atoms with E-state index in [4.69, 9.17) is 0 Å². The van der Waals surface area contributed by atoms with Gasteiger partial charge in [0.05, 0.1) is 11.7 Å². The first-order chi connectivity index (χ1) is 12.3. The van der Waals surface area contributed by atoms with Gasteiger partial charge in [0.2, 0.25) is 0 Å². The summed E-state index contributed by atoms with van der Waals surface area (Å²) >= 11 is 1.71. The van der Waals surface area contributed by atoms with Crippen molar-refractivity contribution in [3.8, 4) is 5.69 Å². The second-order valence-corrected chi connectivity index (χ2v) is 7.30. The number of nitrogens with zero attached hydrogens (tertiary/aromatic N) is 4. The summed E-state index contributed by atoms with van der Waals surface area (Å²) in [6, 6.07) is 11.6. The number of hydrogen-bond donors (Lipinski definition) is 1. The molecule has 0 spiro atoms. The molecule has 1 aliphatic carbocycles. The van der Waals surface area contributed by atoms with Crippen LogP contribution in [-0.2, 0) is 0 Å². The Hall–Kier alpha value is -2.54. The van der Waals surface area contributed by atoms with Crippen molar-refractivity contribution in [1.82, 2.24) is 25.5 Å². The van der Waals surface area contributed by atoms with Gasteiger partial charge < -0.3 is 5.32 Å². The largest absolute Gasteiger partial charge is 0.344 e. The van der Waals surface area contributed by atoms with Crippen LogP contribution < -0.4 is 5.32 Å². The summed E-state index contributed by atoms with van der Waals surface area (Å²) in [7, 11) is 0. The van der Waals surface area contributed by atoms with Crippen LogP contribution in [0.5, 0.6) is 0 Å². The molecule has 1 amide bonds. The normalized spacial score (nSPS) is 16.0. The predicted octanol–water partition coefficient (Wildman–Crippen LogP) is 3.39. The number of nitrogens with one attached hydrogen (secondary N) is 1. The first-order valence-electron chi connectivity index (χ1n) is 8.49. The minimum atomic E-state index is -0.0553. The minimum Gasteiger partial charge on any atom is -0.344 e. The molecule has 1 saturated carbocycles. The highest BCUT2D eigenvalue weighted by molar-refractivity contribution is 7.10. The molecule has 1 aromatic carbocycles. The van der Waals surface area contributed by atoms with Crippen LogP contribution in [0.2, 0.25) is 0 Å². The molecule has 1 fully saturated rings. The van der Waals surface area contributed by atoms with Gasteiger partial charge in [0, 0.05) is 10.4 Å². The van der Waals surface area contributed by atoms with Crippen molar-refractivity contribution in [3.05, 3.63) is 58.5 Å². The minimum absolute atomic E-state index is 0.0553. The Morgan fingerprint density at radius 2 is 2.12 bits per heavy atom. The van der Waals surface area contributed by atoms with Gasteiger partial charge in [0.25, 0.3) is 5.91 Å². The summed E-state index contributed by atoms with van der Waals surface area (Å²) in [5.74, 6) is 0.463. The lowest BCUT2D eigenvalue weighted by atomic mass is 9.96. The maximum absolute atomic E-state index is 12.9. The Balaban J connectivity index is 1.56. The first-order valence-corrected chi connectivity index (χ1v) is 9.37. The number of carbonyl (C=O) groups excluding carboxylic acids is 1. The van der Waals surface area contributed by atoms with Gasteiger partial charge in [-0.2, -0.15) is 0 Å². The Kier molecular flexibility index (Phi) is 4.56. The first kappa shape index (κ1) is 16.0. The molecule has 4 rings (SSSR count). The average molecular weight is 353 g/mol. The molecule has 0 saturated heterocycles. The molecular weight excluding hydrogens is 334 g/mol. The van der Waals surface area contributed by atoms with Gasteiger partial charge in [-0.1, -0.05) is 25.0 Å². The van der Waals surface area contributed by atoms with E-state index in [9.17, 15) is 4.79 Å². The summed E-state index contributed by atoms with van der Waals surface area (Å²) < 4.78 is 1.55. The highest BCUT2D eigenvalue weighted by Crippen LogP contribution is 2.37. The molecular formula is C18H19N5OS. The molecule has 0 unspecified atom stereocenters.